The lowest BCUT2D eigenvalue weighted by molar-refractivity contribution is 0.0939. The molecule has 0 aliphatic rings. The lowest BCUT2D eigenvalue weighted by atomic mass is 10.1. The fourth-order valence-corrected chi connectivity index (χ4v) is 4.22. The summed E-state index contributed by atoms with van der Waals surface area (Å²) in [7, 11) is -2.11. The van der Waals surface area contributed by atoms with Gasteiger partial charge in [0, 0.05) is 16.7 Å². The van der Waals surface area contributed by atoms with E-state index in [1.54, 1.807) is 31.4 Å². The fourth-order valence-electron chi connectivity index (χ4n) is 3.34. The van der Waals surface area contributed by atoms with E-state index in [-0.39, 0.29) is 24.1 Å². The van der Waals surface area contributed by atoms with Crippen LogP contribution in [0.15, 0.2) is 72.8 Å². The molecule has 1 atom stereocenters. The maximum Gasteiger partial charge on any atom is 0.251 e. The maximum absolute atomic E-state index is 14.1. The Morgan fingerprint density at radius 3 is 2.28 bits per heavy atom. The quantitative estimate of drug-likeness (QED) is 0.549. The highest BCUT2D eigenvalue weighted by molar-refractivity contribution is 7.92. The molecular formula is C24H25FN2O4S. The molecule has 0 unspecified atom stereocenters. The number of hydrogen-bond acceptors (Lipinski definition) is 4. The van der Waals surface area contributed by atoms with Crippen molar-refractivity contribution in [3.8, 4) is 5.75 Å². The Bertz CT molecular complexity index is 1200. The van der Waals surface area contributed by atoms with Crippen LogP contribution in [-0.2, 0) is 16.6 Å². The van der Waals surface area contributed by atoms with Crippen LogP contribution in [0.3, 0.4) is 0 Å². The van der Waals surface area contributed by atoms with Crippen LogP contribution in [0, 0.1) is 5.82 Å². The Labute approximate surface area is 187 Å². The standard InChI is InChI=1S/C24H25FN2O4S/c1-17(21-9-5-7-11-23(21)31-2)26-24(28)18-12-14-20(15-13-18)27(32(3,29)30)16-19-8-4-6-10-22(19)25/h4-15,17H,16H2,1-3H3,(H,26,28)/t17-/m0/s1. The van der Waals surface area contributed by atoms with Crippen molar-refractivity contribution >= 4 is 21.6 Å². The van der Waals surface area contributed by atoms with Crippen LogP contribution in [0.2, 0.25) is 0 Å². The van der Waals surface area contributed by atoms with Gasteiger partial charge in [0.05, 0.1) is 31.6 Å². The van der Waals surface area contributed by atoms with Gasteiger partial charge in [0.1, 0.15) is 11.6 Å². The smallest absolute Gasteiger partial charge is 0.251 e. The molecule has 0 aromatic heterocycles. The van der Waals surface area contributed by atoms with Crippen molar-refractivity contribution in [2.45, 2.75) is 19.5 Å². The number of nitrogens with zero attached hydrogens (tertiary/aromatic N) is 1. The summed E-state index contributed by atoms with van der Waals surface area (Å²) >= 11 is 0. The van der Waals surface area contributed by atoms with Gasteiger partial charge < -0.3 is 10.1 Å². The molecule has 168 valence electrons. The van der Waals surface area contributed by atoms with E-state index in [4.69, 9.17) is 4.74 Å². The van der Waals surface area contributed by atoms with Gasteiger partial charge in [-0.25, -0.2) is 12.8 Å². The van der Waals surface area contributed by atoms with Crippen LogP contribution in [0.25, 0.3) is 0 Å². The number of nitrogens with one attached hydrogen (secondary N) is 1. The average molecular weight is 457 g/mol. The van der Waals surface area contributed by atoms with Gasteiger partial charge in [0.15, 0.2) is 0 Å². The highest BCUT2D eigenvalue weighted by Crippen LogP contribution is 2.25. The SMILES string of the molecule is COc1ccccc1[C@H](C)NC(=O)c1ccc(N(Cc2ccccc2F)S(C)(=O)=O)cc1. The summed E-state index contributed by atoms with van der Waals surface area (Å²) in [5, 5.41) is 2.91. The second-order valence-corrected chi connectivity index (χ2v) is 9.25. The Balaban J connectivity index is 1.79. The van der Waals surface area contributed by atoms with Gasteiger partial charge in [0.2, 0.25) is 10.0 Å². The van der Waals surface area contributed by atoms with Crippen LogP contribution < -0.4 is 14.4 Å². The molecule has 0 spiro atoms. The first-order chi connectivity index (χ1) is 15.2. The van der Waals surface area contributed by atoms with Crippen LogP contribution in [0.1, 0.15) is 34.5 Å². The fraction of sp³-hybridized carbons (Fsp3) is 0.208. The summed E-state index contributed by atoms with van der Waals surface area (Å²) in [6, 6.07) is 19.3. The first-order valence-corrected chi connectivity index (χ1v) is 11.8. The minimum Gasteiger partial charge on any atom is -0.496 e. The molecule has 0 heterocycles. The number of amides is 1. The summed E-state index contributed by atoms with van der Waals surface area (Å²) < 4.78 is 45.2. The minimum atomic E-state index is -3.68. The van der Waals surface area contributed by atoms with Crippen molar-refractivity contribution in [1.82, 2.24) is 5.32 Å². The summed E-state index contributed by atoms with van der Waals surface area (Å²) in [5.41, 5.74) is 1.80. The van der Waals surface area contributed by atoms with Crippen molar-refractivity contribution in [1.29, 1.82) is 0 Å². The summed E-state index contributed by atoms with van der Waals surface area (Å²) in [5.74, 6) is -0.120. The molecule has 3 rings (SSSR count). The van der Waals surface area contributed by atoms with E-state index in [0.29, 0.717) is 17.0 Å². The Morgan fingerprint density at radius 1 is 1.03 bits per heavy atom. The van der Waals surface area contributed by atoms with Crippen LogP contribution in [0.5, 0.6) is 5.75 Å². The zero-order chi connectivity index (χ0) is 23.3. The Morgan fingerprint density at radius 2 is 1.66 bits per heavy atom. The lowest BCUT2D eigenvalue weighted by Gasteiger charge is -2.23. The van der Waals surface area contributed by atoms with E-state index >= 15 is 0 Å². The third-order valence-corrected chi connectivity index (χ3v) is 6.18. The molecule has 32 heavy (non-hydrogen) atoms. The molecule has 6 nitrogen and oxygen atoms in total. The third-order valence-electron chi connectivity index (χ3n) is 5.04. The molecule has 0 radical (unpaired) electrons. The number of carbonyl (C=O) groups is 1. The van der Waals surface area contributed by atoms with E-state index in [2.05, 4.69) is 5.32 Å². The zero-order valence-corrected chi connectivity index (χ0v) is 18.9. The van der Waals surface area contributed by atoms with Gasteiger partial charge in [-0.15, -0.1) is 0 Å². The molecule has 0 saturated carbocycles. The molecular weight excluding hydrogens is 431 g/mol. The summed E-state index contributed by atoms with van der Waals surface area (Å²) in [6.07, 6.45) is 1.06. The highest BCUT2D eigenvalue weighted by atomic mass is 32.2. The van der Waals surface area contributed by atoms with Crippen molar-refractivity contribution in [3.05, 3.63) is 95.3 Å². The van der Waals surface area contributed by atoms with E-state index in [9.17, 15) is 17.6 Å². The van der Waals surface area contributed by atoms with E-state index in [1.165, 1.54) is 24.3 Å². The number of rotatable bonds is 8. The normalized spacial score (nSPS) is 12.1. The van der Waals surface area contributed by atoms with Crippen molar-refractivity contribution in [3.63, 3.8) is 0 Å². The Kier molecular flexibility index (Phi) is 7.15. The van der Waals surface area contributed by atoms with Crippen molar-refractivity contribution in [2.75, 3.05) is 17.7 Å². The highest BCUT2D eigenvalue weighted by Gasteiger charge is 2.20. The van der Waals surface area contributed by atoms with E-state index < -0.39 is 15.8 Å². The monoisotopic (exact) mass is 456 g/mol. The van der Waals surface area contributed by atoms with Crippen molar-refractivity contribution < 1.29 is 22.3 Å². The molecule has 1 N–H and O–H groups in total. The van der Waals surface area contributed by atoms with Gasteiger partial charge in [-0.2, -0.15) is 0 Å². The second-order valence-electron chi connectivity index (χ2n) is 7.35. The van der Waals surface area contributed by atoms with Gasteiger partial charge >= 0.3 is 0 Å². The maximum atomic E-state index is 14.1. The van der Waals surface area contributed by atoms with Crippen LogP contribution in [0.4, 0.5) is 10.1 Å². The number of ether oxygens (including phenoxy) is 1. The minimum absolute atomic E-state index is 0.151. The van der Waals surface area contributed by atoms with E-state index in [1.807, 2.05) is 31.2 Å². The molecule has 3 aromatic carbocycles. The van der Waals surface area contributed by atoms with Crippen LogP contribution in [-0.4, -0.2) is 27.7 Å². The summed E-state index contributed by atoms with van der Waals surface area (Å²) in [4.78, 5) is 12.7. The average Bonchev–Trinajstić information content (AvgIpc) is 2.77. The number of carbonyl (C=O) groups excluding carboxylic acids is 1. The molecule has 0 bridgehead atoms. The molecule has 0 aliphatic heterocycles. The summed E-state index contributed by atoms with van der Waals surface area (Å²) in [6.45, 7) is 1.70. The molecule has 8 heteroatoms. The van der Waals surface area contributed by atoms with Gasteiger partial charge in [-0.3, -0.25) is 9.10 Å². The van der Waals surface area contributed by atoms with Gasteiger partial charge in [-0.05, 0) is 43.3 Å². The number of anilines is 1. The molecule has 3 aromatic rings. The third kappa shape index (κ3) is 5.45. The second kappa shape index (κ2) is 9.82. The first kappa shape index (κ1) is 23.3. The number of halogens is 1. The molecule has 0 fully saturated rings. The van der Waals surface area contributed by atoms with Gasteiger partial charge in [-0.1, -0.05) is 36.4 Å². The van der Waals surface area contributed by atoms with Crippen molar-refractivity contribution in [2.24, 2.45) is 0 Å². The number of benzene rings is 3. The topological polar surface area (TPSA) is 75.7 Å². The number of methoxy groups -OCH3 is 1. The molecule has 0 aliphatic carbocycles. The largest absolute Gasteiger partial charge is 0.496 e. The van der Waals surface area contributed by atoms with Gasteiger partial charge in [0.25, 0.3) is 5.91 Å². The molecule has 0 saturated heterocycles. The van der Waals surface area contributed by atoms with Crippen LogP contribution >= 0.6 is 0 Å². The molecule has 1 amide bonds. The Hall–Kier alpha value is -3.39. The zero-order valence-electron chi connectivity index (χ0n) is 18.1. The predicted octanol–water partition coefficient (Wildman–Crippen LogP) is 4.29. The number of para-hydroxylation sites is 1. The lowest BCUT2D eigenvalue weighted by Crippen LogP contribution is -2.30. The number of hydrogen-bond donors (Lipinski definition) is 1. The first-order valence-electron chi connectivity index (χ1n) is 9.95. The van der Waals surface area contributed by atoms with E-state index in [0.717, 1.165) is 16.1 Å². The predicted molar refractivity (Wildman–Crippen MR) is 123 cm³/mol. The number of sulfonamides is 1.